The molecule has 0 spiro atoms. The number of primary sulfonamides is 1. The van der Waals surface area contributed by atoms with E-state index in [4.69, 9.17) is 14.6 Å². The fourth-order valence-electron chi connectivity index (χ4n) is 2.23. The minimum atomic E-state index is -3.72. The van der Waals surface area contributed by atoms with Crippen LogP contribution in [0.15, 0.2) is 59.5 Å². The smallest absolute Gasteiger partial charge is 0.309 e. The average Bonchev–Trinajstić information content (AvgIpc) is 2.67. The van der Waals surface area contributed by atoms with Gasteiger partial charge in [0, 0.05) is 6.54 Å². The Morgan fingerprint density at radius 3 is 2.32 bits per heavy atom. The van der Waals surface area contributed by atoms with E-state index < -0.39 is 21.9 Å². The number of nitrogens with one attached hydrogen (secondary N) is 1. The van der Waals surface area contributed by atoms with Crippen molar-refractivity contribution in [3.8, 4) is 5.75 Å². The summed E-state index contributed by atoms with van der Waals surface area (Å²) in [5.41, 5.74) is 0.836. The first-order chi connectivity index (χ1) is 13.3. The lowest BCUT2D eigenvalue weighted by Gasteiger charge is -2.08. The zero-order valence-corrected chi connectivity index (χ0v) is 16.0. The van der Waals surface area contributed by atoms with Crippen molar-refractivity contribution in [3.63, 3.8) is 0 Å². The maximum Gasteiger partial charge on any atom is 0.309 e. The number of benzene rings is 2. The lowest BCUT2D eigenvalue weighted by atomic mass is 10.1. The van der Waals surface area contributed by atoms with Crippen molar-refractivity contribution < 1.29 is 27.5 Å². The van der Waals surface area contributed by atoms with Crippen LogP contribution < -0.4 is 15.2 Å². The molecule has 0 atom stereocenters. The van der Waals surface area contributed by atoms with Gasteiger partial charge < -0.3 is 14.8 Å². The Balaban J connectivity index is 1.60. The Morgan fingerprint density at radius 2 is 1.68 bits per heavy atom. The monoisotopic (exact) mass is 406 g/mol. The van der Waals surface area contributed by atoms with Crippen molar-refractivity contribution in [2.45, 2.75) is 17.7 Å². The van der Waals surface area contributed by atoms with Gasteiger partial charge in [-0.2, -0.15) is 0 Å². The van der Waals surface area contributed by atoms with E-state index in [2.05, 4.69) is 5.32 Å². The molecule has 2 rings (SSSR count). The third-order valence-corrected chi connectivity index (χ3v) is 4.60. The van der Waals surface area contributed by atoms with E-state index in [0.29, 0.717) is 18.7 Å². The number of esters is 1. The Kier molecular flexibility index (Phi) is 7.97. The van der Waals surface area contributed by atoms with E-state index in [1.54, 1.807) is 24.3 Å². The van der Waals surface area contributed by atoms with Crippen LogP contribution in [0.3, 0.4) is 0 Å². The van der Waals surface area contributed by atoms with Gasteiger partial charge in [0.1, 0.15) is 5.75 Å². The topological polar surface area (TPSA) is 125 Å². The molecule has 150 valence electrons. The van der Waals surface area contributed by atoms with Crippen LogP contribution in [0.4, 0.5) is 0 Å². The van der Waals surface area contributed by atoms with Gasteiger partial charge in [0.2, 0.25) is 10.0 Å². The van der Waals surface area contributed by atoms with Gasteiger partial charge in [-0.15, -0.1) is 0 Å². The van der Waals surface area contributed by atoms with Gasteiger partial charge >= 0.3 is 5.97 Å². The molecule has 0 saturated heterocycles. The predicted octanol–water partition coefficient (Wildman–Crippen LogP) is 1.01. The minimum absolute atomic E-state index is 0.0310. The highest BCUT2D eigenvalue weighted by molar-refractivity contribution is 7.89. The summed E-state index contributed by atoms with van der Waals surface area (Å²) < 4.78 is 32.6. The summed E-state index contributed by atoms with van der Waals surface area (Å²) in [4.78, 5) is 23.3. The molecule has 0 aliphatic carbocycles. The van der Waals surface area contributed by atoms with Gasteiger partial charge in [-0.25, -0.2) is 13.6 Å². The molecule has 0 unspecified atom stereocenters. The molecule has 3 N–H and O–H groups in total. The van der Waals surface area contributed by atoms with Crippen molar-refractivity contribution in [1.82, 2.24) is 5.32 Å². The molecule has 2 aromatic rings. The van der Waals surface area contributed by atoms with Crippen LogP contribution >= 0.6 is 0 Å². The summed E-state index contributed by atoms with van der Waals surface area (Å²) in [5.74, 6) is -0.284. The molecule has 0 heterocycles. The number of carbonyl (C=O) groups excluding carboxylic acids is 2. The molecule has 1 amide bonds. The fourth-order valence-corrected chi connectivity index (χ4v) is 2.75. The standard InChI is InChI=1S/C19H22N2O6S/c20-28(24,25)17-8-6-15(7-9-17)10-12-21-18(22)14-27-19(23)11-13-26-16-4-2-1-3-5-16/h1-9H,10-14H2,(H,21,22)(H2,20,24,25). The first-order valence-electron chi connectivity index (χ1n) is 8.56. The number of rotatable bonds is 10. The third kappa shape index (κ3) is 7.77. The number of amides is 1. The summed E-state index contributed by atoms with van der Waals surface area (Å²) in [6, 6.07) is 15.1. The highest BCUT2D eigenvalue weighted by Crippen LogP contribution is 2.09. The maximum absolute atomic E-state index is 11.7. The molecule has 0 bridgehead atoms. The van der Waals surface area contributed by atoms with Crippen LogP contribution in [-0.2, 0) is 30.8 Å². The Labute approximate surface area is 163 Å². The van der Waals surface area contributed by atoms with Gasteiger partial charge in [0.15, 0.2) is 6.61 Å². The fraction of sp³-hybridized carbons (Fsp3) is 0.263. The number of sulfonamides is 1. The molecule has 0 saturated carbocycles. The van der Waals surface area contributed by atoms with Crippen LogP contribution in [-0.4, -0.2) is 40.1 Å². The lowest BCUT2D eigenvalue weighted by Crippen LogP contribution is -2.30. The average molecular weight is 406 g/mol. The molecular weight excluding hydrogens is 384 g/mol. The van der Waals surface area contributed by atoms with Crippen LogP contribution in [0.5, 0.6) is 5.75 Å². The summed E-state index contributed by atoms with van der Waals surface area (Å²) in [5, 5.41) is 7.65. The minimum Gasteiger partial charge on any atom is -0.493 e. The van der Waals surface area contributed by atoms with Gasteiger partial charge in [0.05, 0.1) is 17.9 Å². The molecule has 0 aliphatic heterocycles. The number of hydrogen-bond acceptors (Lipinski definition) is 6. The number of carbonyl (C=O) groups is 2. The van der Waals surface area contributed by atoms with E-state index in [9.17, 15) is 18.0 Å². The number of nitrogens with two attached hydrogens (primary N) is 1. The Morgan fingerprint density at radius 1 is 1.00 bits per heavy atom. The van der Waals surface area contributed by atoms with E-state index in [1.165, 1.54) is 12.1 Å². The molecule has 0 aliphatic rings. The van der Waals surface area contributed by atoms with E-state index in [1.807, 2.05) is 18.2 Å². The Hall–Kier alpha value is -2.91. The summed E-state index contributed by atoms with van der Waals surface area (Å²) in [6.07, 6.45) is 0.536. The highest BCUT2D eigenvalue weighted by atomic mass is 32.2. The van der Waals surface area contributed by atoms with Crippen molar-refractivity contribution in [1.29, 1.82) is 0 Å². The zero-order chi connectivity index (χ0) is 20.4. The number of hydrogen-bond donors (Lipinski definition) is 2. The van der Waals surface area contributed by atoms with Crippen molar-refractivity contribution in [2.75, 3.05) is 19.8 Å². The van der Waals surface area contributed by atoms with Crippen molar-refractivity contribution in [2.24, 2.45) is 5.14 Å². The zero-order valence-electron chi connectivity index (χ0n) is 15.2. The summed E-state index contributed by atoms with van der Waals surface area (Å²) >= 11 is 0. The van der Waals surface area contributed by atoms with Gasteiger partial charge in [0.25, 0.3) is 5.91 Å². The quantitative estimate of drug-likeness (QED) is 0.567. The van der Waals surface area contributed by atoms with Crippen LogP contribution in [0.1, 0.15) is 12.0 Å². The van der Waals surface area contributed by atoms with Crippen molar-refractivity contribution in [3.05, 3.63) is 60.2 Å². The molecule has 9 heteroatoms. The van der Waals surface area contributed by atoms with Gasteiger partial charge in [-0.3, -0.25) is 9.59 Å². The highest BCUT2D eigenvalue weighted by Gasteiger charge is 2.09. The van der Waals surface area contributed by atoms with Crippen molar-refractivity contribution >= 4 is 21.9 Å². The number of para-hydroxylation sites is 1. The number of ether oxygens (including phenoxy) is 2. The van der Waals surface area contributed by atoms with E-state index >= 15 is 0 Å². The second kappa shape index (κ2) is 10.4. The largest absolute Gasteiger partial charge is 0.493 e. The first-order valence-corrected chi connectivity index (χ1v) is 10.1. The van der Waals surface area contributed by atoms with Crippen LogP contribution in [0.25, 0.3) is 0 Å². The molecule has 2 aromatic carbocycles. The van der Waals surface area contributed by atoms with E-state index in [-0.39, 0.29) is 24.5 Å². The Bertz CT molecular complexity index is 882. The van der Waals surface area contributed by atoms with Crippen LogP contribution in [0.2, 0.25) is 0 Å². The normalized spacial score (nSPS) is 10.9. The second-order valence-corrected chi connectivity index (χ2v) is 7.42. The van der Waals surface area contributed by atoms with Gasteiger partial charge in [-0.1, -0.05) is 30.3 Å². The van der Waals surface area contributed by atoms with Gasteiger partial charge in [-0.05, 0) is 36.2 Å². The lowest BCUT2D eigenvalue weighted by molar-refractivity contribution is -0.149. The molecule has 8 nitrogen and oxygen atoms in total. The molecule has 0 fully saturated rings. The van der Waals surface area contributed by atoms with Crippen LogP contribution in [0, 0.1) is 0 Å². The molecule has 0 radical (unpaired) electrons. The summed E-state index contributed by atoms with van der Waals surface area (Å²) in [6.45, 7) is 0.121. The molecule has 28 heavy (non-hydrogen) atoms. The molecular formula is C19H22N2O6S. The van der Waals surface area contributed by atoms with E-state index in [0.717, 1.165) is 5.56 Å². The summed E-state index contributed by atoms with van der Waals surface area (Å²) in [7, 11) is -3.72. The second-order valence-electron chi connectivity index (χ2n) is 5.86. The third-order valence-electron chi connectivity index (χ3n) is 3.67. The SMILES string of the molecule is NS(=O)(=O)c1ccc(CCNC(=O)COC(=O)CCOc2ccccc2)cc1. The predicted molar refractivity (Wildman–Crippen MR) is 102 cm³/mol. The molecule has 0 aromatic heterocycles. The first kappa shape index (κ1) is 21.4. The maximum atomic E-state index is 11.7.